The molecule has 16 heavy (non-hydrogen) atoms. The van der Waals surface area contributed by atoms with Crippen LogP contribution in [0, 0.1) is 17.0 Å². The van der Waals surface area contributed by atoms with E-state index < -0.39 is 10.9 Å². The third-order valence-electron chi connectivity index (χ3n) is 2.15. The van der Waals surface area contributed by atoms with E-state index in [2.05, 4.69) is 20.7 Å². The first-order valence-electron chi connectivity index (χ1n) is 4.46. The van der Waals surface area contributed by atoms with Crippen LogP contribution in [0.3, 0.4) is 0 Å². The van der Waals surface area contributed by atoms with E-state index in [1.807, 2.05) is 0 Å². The molecule has 0 aliphatic rings. The molecule has 0 saturated carbocycles. The van der Waals surface area contributed by atoms with Gasteiger partial charge < -0.3 is 4.74 Å². The Morgan fingerprint density at radius 3 is 2.69 bits per heavy atom. The SMILES string of the molecule is COC(=O)Cc1cc(Br)c(C)c([N+](=O)[O-])c1. The Hall–Kier alpha value is -1.43. The van der Waals surface area contributed by atoms with Crippen LogP contribution in [-0.2, 0) is 16.0 Å². The maximum atomic E-state index is 11.1. The van der Waals surface area contributed by atoms with Crippen LogP contribution in [0.1, 0.15) is 11.1 Å². The van der Waals surface area contributed by atoms with Gasteiger partial charge in [0.2, 0.25) is 0 Å². The summed E-state index contributed by atoms with van der Waals surface area (Å²) in [5.74, 6) is -0.426. The molecule has 0 aromatic heterocycles. The van der Waals surface area contributed by atoms with E-state index >= 15 is 0 Å². The van der Waals surface area contributed by atoms with E-state index in [1.165, 1.54) is 13.2 Å². The fourth-order valence-electron chi connectivity index (χ4n) is 1.25. The highest BCUT2D eigenvalue weighted by Crippen LogP contribution is 2.28. The van der Waals surface area contributed by atoms with Gasteiger partial charge in [0, 0.05) is 16.1 Å². The highest BCUT2D eigenvalue weighted by Gasteiger charge is 2.16. The number of benzene rings is 1. The quantitative estimate of drug-likeness (QED) is 0.486. The second-order valence-electron chi connectivity index (χ2n) is 3.23. The van der Waals surface area contributed by atoms with Crippen molar-refractivity contribution in [3.05, 3.63) is 37.8 Å². The van der Waals surface area contributed by atoms with Crippen molar-refractivity contribution in [1.29, 1.82) is 0 Å². The number of rotatable bonds is 3. The molecule has 0 radical (unpaired) electrons. The van der Waals surface area contributed by atoms with Gasteiger partial charge in [0.1, 0.15) is 0 Å². The van der Waals surface area contributed by atoms with Crippen LogP contribution < -0.4 is 0 Å². The maximum absolute atomic E-state index is 11.1. The largest absolute Gasteiger partial charge is 0.469 e. The molecular formula is C10H10BrNO4. The molecule has 0 amide bonds. The summed E-state index contributed by atoms with van der Waals surface area (Å²) in [5, 5.41) is 10.8. The fraction of sp³-hybridized carbons (Fsp3) is 0.300. The molecule has 0 heterocycles. The lowest BCUT2D eigenvalue weighted by Crippen LogP contribution is -2.05. The highest BCUT2D eigenvalue weighted by molar-refractivity contribution is 9.10. The Morgan fingerprint density at radius 1 is 1.56 bits per heavy atom. The van der Waals surface area contributed by atoms with Crippen molar-refractivity contribution >= 4 is 27.6 Å². The van der Waals surface area contributed by atoms with Gasteiger partial charge in [0.15, 0.2) is 0 Å². The second kappa shape index (κ2) is 5.07. The molecule has 86 valence electrons. The lowest BCUT2D eigenvalue weighted by molar-refractivity contribution is -0.385. The second-order valence-corrected chi connectivity index (χ2v) is 4.09. The van der Waals surface area contributed by atoms with E-state index in [9.17, 15) is 14.9 Å². The third kappa shape index (κ3) is 2.79. The van der Waals surface area contributed by atoms with Gasteiger partial charge in [-0.3, -0.25) is 14.9 Å². The van der Waals surface area contributed by atoms with Crippen LogP contribution in [0.5, 0.6) is 0 Å². The number of carbonyl (C=O) groups is 1. The molecule has 0 unspecified atom stereocenters. The number of esters is 1. The molecular weight excluding hydrogens is 278 g/mol. The van der Waals surface area contributed by atoms with E-state index in [0.29, 0.717) is 15.6 Å². The summed E-state index contributed by atoms with van der Waals surface area (Å²) in [7, 11) is 1.28. The van der Waals surface area contributed by atoms with Gasteiger partial charge in [-0.25, -0.2) is 0 Å². The number of carbonyl (C=O) groups excluding carboxylic acids is 1. The first kappa shape index (κ1) is 12.6. The number of ether oxygens (including phenoxy) is 1. The summed E-state index contributed by atoms with van der Waals surface area (Å²) < 4.78 is 5.11. The Labute approximate surface area is 101 Å². The van der Waals surface area contributed by atoms with Crippen LogP contribution in [0.15, 0.2) is 16.6 Å². The number of methoxy groups -OCH3 is 1. The number of halogens is 1. The van der Waals surface area contributed by atoms with E-state index in [4.69, 9.17) is 0 Å². The monoisotopic (exact) mass is 287 g/mol. The van der Waals surface area contributed by atoms with Gasteiger partial charge in [-0.2, -0.15) is 0 Å². The molecule has 0 fully saturated rings. The zero-order chi connectivity index (χ0) is 12.3. The number of nitro benzene ring substituents is 1. The Kier molecular flexibility index (Phi) is 4.00. The molecule has 0 saturated heterocycles. The summed E-state index contributed by atoms with van der Waals surface area (Å²) in [5.41, 5.74) is 1.09. The fourth-order valence-corrected chi connectivity index (χ4v) is 1.75. The molecule has 0 bridgehead atoms. The first-order valence-corrected chi connectivity index (χ1v) is 5.25. The van der Waals surface area contributed by atoms with E-state index in [1.54, 1.807) is 13.0 Å². The molecule has 0 N–H and O–H groups in total. The Bertz CT molecular complexity index is 445. The van der Waals surface area contributed by atoms with Gasteiger partial charge in [-0.1, -0.05) is 15.9 Å². The summed E-state index contributed by atoms with van der Waals surface area (Å²) in [6.45, 7) is 1.64. The van der Waals surface area contributed by atoms with Crippen molar-refractivity contribution in [2.24, 2.45) is 0 Å². The topological polar surface area (TPSA) is 69.4 Å². The zero-order valence-corrected chi connectivity index (χ0v) is 10.4. The number of hydrogen-bond donors (Lipinski definition) is 0. The lowest BCUT2D eigenvalue weighted by Gasteiger charge is -2.04. The smallest absolute Gasteiger partial charge is 0.309 e. The normalized spacial score (nSPS) is 9.94. The van der Waals surface area contributed by atoms with Crippen LogP contribution >= 0.6 is 15.9 Å². The van der Waals surface area contributed by atoms with Gasteiger partial charge in [0.05, 0.1) is 18.5 Å². The summed E-state index contributed by atoms with van der Waals surface area (Å²) >= 11 is 3.22. The van der Waals surface area contributed by atoms with Crippen LogP contribution in [-0.4, -0.2) is 18.0 Å². The standard InChI is InChI=1S/C10H10BrNO4/c1-6-8(11)3-7(5-10(13)16-2)4-9(6)12(14)15/h3-4H,5H2,1-2H3. The van der Waals surface area contributed by atoms with Crippen molar-refractivity contribution in [1.82, 2.24) is 0 Å². The molecule has 0 aliphatic carbocycles. The number of hydrogen-bond acceptors (Lipinski definition) is 4. The molecule has 0 spiro atoms. The molecule has 1 aromatic rings. The molecule has 1 rings (SSSR count). The zero-order valence-electron chi connectivity index (χ0n) is 8.82. The van der Waals surface area contributed by atoms with Gasteiger partial charge in [-0.15, -0.1) is 0 Å². The molecule has 5 nitrogen and oxygen atoms in total. The van der Waals surface area contributed by atoms with Crippen LogP contribution in [0.4, 0.5) is 5.69 Å². The van der Waals surface area contributed by atoms with Crippen molar-refractivity contribution in [3.63, 3.8) is 0 Å². The Balaban J connectivity index is 3.14. The number of nitro groups is 1. The minimum Gasteiger partial charge on any atom is -0.469 e. The van der Waals surface area contributed by atoms with Crippen LogP contribution in [0.2, 0.25) is 0 Å². The first-order chi connectivity index (χ1) is 7.45. The number of nitrogens with zero attached hydrogens (tertiary/aromatic N) is 1. The summed E-state index contributed by atoms with van der Waals surface area (Å²) in [4.78, 5) is 21.3. The average Bonchev–Trinajstić information content (AvgIpc) is 2.22. The highest BCUT2D eigenvalue weighted by atomic mass is 79.9. The minimum absolute atomic E-state index is 0.00622. The van der Waals surface area contributed by atoms with Gasteiger partial charge in [0.25, 0.3) is 5.69 Å². The minimum atomic E-state index is -0.471. The van der Waals surface area contributed by atoms with Gasteiger partial charge in [-0.05, 0) is 18.6 Å². The lowest BCUT2D eigenvalue weighted by atomic mass is 10.1. The predicted octanol–water partition coefficient (Wildman–Crippen LogP) is 2.38. The molecule has 1 aromatic carbocycles. The Morgan fingerprint density at radius 2 is 2.19 bits per heavy atom. The average molecular weight is 288 g/mol. The summed E-state index contributed by atoms with van der Waals surface area (Å²) in [6, 6.07) is 3.07. The molecule has 0 aliphatic heterocycles. The third-order valence-corrected chi connectivity index (χ3v) is 2.97. The van der Waals surface area contributed by atoms with Crippen molar-refractivity contribution in [3.8, 4) is 0 Å². The van der Waals surface area contributed by atoms with E-state index in [-0.39, 0.29) is 12.1 Å². The molecule has 6 heteroatoms. The maximum Gasteiger partial charge on any atom is 0.309 e. The van der Waals surface area contributed by atoms with Crippen molar-refractivity contribution < 1.29 is 14.5 Å². The van der Waals surface area contributed by atoms with Crippen molar-refractivity contribution in [2.45, 2.75) is 13.3 Å². The molecule has 0 atom stereocenters. The summed E-state index contributed by atoms with van der Waals surface area (Å²) in [6.07, 6.45) is 0.0240. The van der Waals surface area contributed by atoms with E-state index in [0.717, 1.165) is 0 Å². The predicted molar refractivity (Wildman–Crippen MR) is 61.3 cm³/mol. The van der Waals surface area contributed by atoms with Crippen molar-refractivity contribution in [2.75, 3.05) is 7.11 Å². The van der Waals surface area contributed by atoms with Crippen LogP contribution in [0.25, 0.3) is 0 Å². The van der Waals surface area contributed by atoms with Gasteiger partial charge >= 0.3 is 5.97 Å².